The van der Waals surface area contributed by atoms with Gasteiger partial charge in [-0.3, -0.25) is 0 Å². The minimum atomic E-state index is 0.592. The summed E-state index contributed by atoms with van der Waals surface area (Å²) in [5.41, 5.74) is 6.60. The third-order valence-corrected chi connectivity index (χ3v) is 3.95. The molecule has 0 spiro atoms. The molecule has 0 fully saturated rings. The van der Waals surface area contributed by atoms with E-state index in [0.717, 1.165) is 29.3 Å². The molecule has 0 saturated heterocycles. The minimum absolute atomic E-state index is 0.592. The van der Waals surface area contributed by atoms with Crippen LogP contribution in [0, 0.1) is 26.2 Å². The van der Waals surface area contributed by atoms with Crippen LogP contribution in [0.25, 0.3) is 5.65 Å². The summed E-state index contributed by atoms with van der Waals surface area (Å²) in [7, 11) is 0. The SMILES string of the molecule is C#CCc1c(C)nc2c(NCc3ccccc3C)cccn12. The van der Waals surface area contributed by atoms with E-state index in [1.165, 1.54) is 11.1 Å². The molecule has 0 atom stereocenters. The Morgan fingerprint density at radius 1 is 1.18 bits per heavy atom. The lowest BCUT2D eigenvalue weighted by Crippen LogP contribution is -2.03. The van der Waals surface area contributed by atoms with Gasteiger partial charge in [-0.05, 0) is 37.1 Å². The summed E-state index contributed by atoms with van der Waals surface area (Å²) in [6.07, 6.45) is 8.07. The zero-order valence-corrected chi connectivity index (χ0v) is 12.9. The summed E-state index contributed by atoms with van der Waals surface area (Å²) >= 11 is 0. The Morgan fingerprint density at radius 3 is 2.77 bits per heavy atom. The Kier molecular flexibility index (Phi) is 3.84. The van der Waals surface area contributed by atoms with Crippen LogP contribution >= 0.6 is 0 Å². The van der Waals surface area contributed by atoms with E-state index in [1.54, 1.807) is 0 Å². The van der Waals surface area contributed by atoms with Gasteiger partial charge in [0.1, 0.15) is 0 Å². The molecule has 0 aliphatic carbocycles. The maximum atomic E-state index is 5.46. The molecular formula is C19H19N3. The fourth-order valence-corrected chi connectivity index (χ4v) is 2.68. The quantitative estimate of drug-likeness (QED) is 0.741. The lowest BCUT2D eigenvalue weighted by Gasteiger charge is -2.10. The predicted molar refractivity (Wildman–Crippen MR) is 91.0 cm³/mol. The third kappa shape index (κ3) is 2.56. The second-order valence-corrected chi connectivity index (χ2v) is 5.42. The summed E-state index contributed by atoms with van der Waals surface area (Å²) < 4.78 is 2.08. The molecule has 3 heteroatoms. The van der Waals surface area contributed by atoms with Crippen molar-refractivity contribution in [2.24, 2.45) is 0 Å². The van der Waals surface area contributed by atoms with Crippen LogP contribution < -0.4 is 5.32 Å². The summed E-state index contributed by atoms with van der Waals surface area (Å²) in [5.74, 6) is 2.71. The van der Waals surface area contributed by atoms with Crippen LogP contribution in [-0.4, -0.2) is 9.38 Å². The molecule has 0 unspecified atom stereocenters. The number of pyridine rings is 1. The maximum absolute atomic E-state index is 5.46. The number of aryl methyl sites for hydroxylation is 2. The summed E-state index contributed by atoms with van der Waals surface area (Å²) in [6, 6.07) is 12.5. The van der Waals surface area contributed by atoms with Gasteiger partial charge in [-0.25, -0.2) is 4.98 Å². The van der Waals surface area contributed by atoms with Gasteiger partial charge in [0.2, 0.25) is 0 Å². The first kappa shape index (κ1) is 14.2. The molecule has 0 aliphatic heterocycles. The summed E-state index contributed by atoms with van der Waals surface area (Å²) in [4.78, 5) is 4.67. The first-order valence-corrected chi connectivity index (χ1v) is 7.39. The second kappa shape index (κ2) is 5.95. The van der Waals surface area contributed by atoms with Gasteiger partial charge >= 0.3 is 0 Å². The highest BCUT2D eigenvalue weighted by atomic mass is 15.1. The number of fused-ring (bicyclic) bond motifs is 1. The number of benzene rings is 1. The highest BCUT2D eigenvalue weighted by Gasteiger charge is 2.10. The van der Waals surface area contributed by atoms with Crippen LogP contribution in [0.5, 0.6) is 0 Å². The van der Waals surface area contributed by atoms with Crippen molar-refractivity contribution in [2.75, 3.05) is 5.32 Å². The molecule has 2 aromatic heterocycles. The van der Waals surface area contributed by atoms with Crippen molar-refractivity contribution in [1.82, 2.24) is 9.38 Å². The molecule has 1 N–H and O–H groups in total. The Bertz CT molecular complexity index is 853. The van der Waals surface area contributed by atoms with Gasteiger partial charge in [0, 0.05) is 12.7 Å². The van der Waals surface area contributed by atoms with Gasteiger partial charge in [0.15, 0.2) is 5.65 Å². The highest BCUT2D eigenvalue weighted by Crippen LogP contribution is 2.21. The highest BCUT2D eigenvalue weighted by molar-refractivity contribution is 5.68. The fraction of sp³-hybridized carbons (Fsp3) is 0.211. The first-order valence-electron chi connectivity index (χ1n) is 7.39. The van der Waals surface area contributed by atoms with Gasteiger partial charge in [0.05, 0.1) is 23.5 Å². The average Bonchev–Trinajstić information content (AvgIpc) is 2.84. The van der Waals surface area contributed by atoms with E-state index in [0.29, 0.717) is 6.42 Å². The standard InChI is InChI=1S/C19H19N3/c1-4-8-18-15(3)21-19-17(11-7-12-22(18)19)20-13-16-10-6-5-9-14(16)2/h1,5-7,9-12,20H,8,13H2,2-3H3. The molecule has 22 heavy (non-hydrogen) atoms. The maximum Gasteiger partial charge on any atom is 0.160 e. The molecule has 1 aromatic carbocycles. The molecule has 0 saturated carbocycles. The number of imidazole rings is 1. The van der Waals surface area contributed by atoms with E-state index < -0.39 is 0 Å². The number of hydrogen-bond donors (Lipinski definition) is 1. The van der Waals surface area contributed by atoms with Crippen molar-refractivity contribution < 1.29 is 0 Å². The van der Waals surface area contributed by atoms with Gasteiger partial charge in [-0.2, -0.15) is 0 Å². The van der Waals surface area contributed by atoms with Crippen LogP contribution in [0.3, 0.4) is 0 Å². The number of aromatic nitrogens is 2. The van der Waals surface area contributed by atoms with Crippen molar-refractivity contribution in [3.8, 4) is 12.3 Å². The topological polar surface area (TPSA) is 29.3 Å². The average molecular weight is 289 g/mol. The number of nitrogens with zero attached hydrogens (tertiary/aromatic N) is 2. The van der Waals surface area contributed by atoms with Crippen LogP contribution in [0.2, 0.25) is 0 Å². The lowest BCUT2D eigenvalue weighted by molar-refractivity contribution is 1.04. The number of nitrogens with one attached hydrogen (secondary N) is 1. The zero-order chi connectivity index (χ0) is 15.5. The Morgan fingerprint density at radius 2 is 2.00 bits per heavy atom. The summed E-state index contributed by atoms with van der Waals surface area (Å²) in [6.45, 7) is 4.91. The van der Waals surface area contributed by atoms with Crippen molar-refractivity contribution in [2.45, 2.75) is 26.8 Å². The Balaban J connectivity index is 1.93. The molecule has 0 radical (unpaired) electrons. The zero-order valence-electron chi connectivity index (χ0n) is 12.9. The molecule has 3 aromatic rings. The minimum Gasteiger partial charge on any atom is -0.378 e. The van der Waals surface area contributed by atoms with E-state index in [2.05, 4.69) is 57.9 Å². The third-order valence-electron chi connectivity index (χ3n) is 3.95. The van der Waals surface area contributed by atoms with E-state index in [9.17, 15) is 0 Å². The van der Waals surface area contributed by atoms with Crippen molar-refractivity contribution >= 4 is 11.3 Å². The molecule has 110 valence electrons. The molecular weight excluding hydrogens is 270 g/mol. The smallest absolute Gasteiger partial charge is 0.160 e. The van der Waals surface area contributed by atoms with Crippen LogP contribution in [-0.2, 0) is 13.0 Å². The van der Waals surface area contributed by atoms with E-state index in [-0.39, 0.29) is 0 Å². The van der Waals surface area contributed by atoms with Gasteiger partial charge in [-0.15, -0.1) is 12.3 Å². The van der Waals surface area contributed by atoms with Crippen LogP contribution in [0.4, 0.5) is 5.69 Å². The first-order chi connectivity index (χ1) is 10.7. The molecule has 0 amide bonds. The van der Waals surface area contributed by atoms with E-state index >= 15 is 0 Å². The second-order valence-electron chi connectivity index (χ2n) is 5.42. The van der Waals surface area contributed by atoms with Gasteiger partial charge in [-0.1, -0.05) is 24.3 Å². The van der Waals surface area contributed by atoms with Gasteiger partial charge < -0.3 is 9.72 Å². The predicted octanol–water partition coefficient (Wildman–Crippen LogP) is 3.74. The van der Waals surface area contributed by atoms with Crippen molar-refractivity contribution in [3.63, 3.8) is 0 Å². The van der Waals surface area contributed by atoms with Crippen LogP contribution in [0.15, 0.2) is 42.6 Å². The van der Waals surface area contributed by atoms with Crippen molar-refractivity contribution in [1.29, 1.82) is 0 Å². The monoisotopic (exact) mass is 289 g/mol. The van der Waals surface area contributed by atoms with Crippen LogP contribution in [0.1, 0.15) is 22.5 Å². The largest absolute Gasteiger partial charge is 0.378 e. The molecule has 0 aliphatic rings. The fourth-order valence-electron chi connectivity index (χ4n) is 2.68. The molecule has 2 heterocycles. The van der Waals surface area contributed by atoms with E-state index in [4.69, 9.17) is 6.42 Å². The number of hydrogen-bond acceptors (Lipinski definition) is 2. The molecule has 3 nitrogen and oxygen atoms in total. The molecule has 3 rings (SSSR count). The lowest BCUT2D eigenvalue weighted by atomic mass is 10.1. The Hall–Kier alpha value is -2.73. The number of terminal acetylenes is 1. The number of rotatable bonds is 4. The van der Waals surface area contributed by atoms with E-state index in [1.807, 2.05) is 19.2 Å². The molecule has 0 bridgehead atoms. The normalized spacial score (nSPS) is 10.6. The number of anilines is 1. The summed E-state index contributed by atoms with van der Waals surface area (Å²) in [5, 5.41) is 3.49. The van der Waals surface area contributed by atoms with Gasteiger partial charge in [0.25, 0.3) is 0 Å². The van der Waals surface area contributed by atoms with Crippen molar-refractivity contribution in [3.05, 3.63) is 65.1 Å². The Labute approximate surface area is 131 Å².